The maximum absolute atomic E-state index is 12.1. The normalized spacial score (nSPS) is 9.92. The fourth-order valence-electron chi connectivity index (χ4n) is 2.16. The summed E-state index contributed by atoms with van der Waals surface area (Å²) >= 11 is 0. The molecule has 26 heavy (non-hydrogen) atoms. The van der Waals surface area contributed by atoms with Crippen LogP contribution >= 0.6 is 0 Å². The van der Waals surface area contributed by atoms with Crippen molar-refractivity contribution in [1.82, 2.24) is 0 Å². The predicted octanol–water partition coefficient (Wildman–Crippen LogP) is 2.21. The molecular weight excluding hydrogens is 338 g/mol. The van der Waals surface area contributed by atoms with Crippen LogP contribution in [-0.4, -0.2) is 38.7 Å². The smallest absolute Gasteiger partial charge is 0.339 e. The number of carbonyl (C=O) groups excluding carboxylic acids is 3. The first-order valence-corrected chi connectivity index (χ1v) is 7.79. The van der Waals surface area contributed by atoms with Crippen molar-refractivity contribution in [3.63, 3.8) is 0 Å². The molecule has 0 fully saturated rings. The second-order valence-corrected chi connectivity index (χ2v) is 5.27. The molecule has 0 saturated carbocycles. The first-order chi connectivity index (χ1) is 12.5. The molecule has 0 atom stereocenters. The molecule has 0 unspecified atom stereocenters. The SMILES string of the molecule is COC(=O)Cc1ccc(OCC(=O)Nc2ccccc2C(=O)OC)cc1. The zero-order chi connectivity index (χ0) is 18.9. The molecule has 0 saturated heterocycles. The van der Waals surface area contributed by atoms with E-state index in [1.807, 2.05) is 0 Å². The average molecular weight is 357 g/mol. The Kier molecular flexibility index (Phi) is 6.73. The Morgan fingerprint density at radius 2 is 1.62 bits per heavy atom. The van der Waals surface area contributed by atoms with Crippen molar-refractivity contribution in [2.45, 2.75) is 6.42 Å². The van der Waals surface area contributed by atoms with Gasteiger partial charge in [-0.2, -0.15) is 0 Å². The van der Waals surface area contributed by atoms with Crippen molar-refractivity contribution in [2.24, 2.45) is 0 Å². The van der Waals surface area contributed by atoms with Gasteiger partial charge in [0.15, 0.2) is 6.61 Å². The number of anilines is 1. The number of para-hydroxylation sites is 1. The number of esters is 2. The Morgan fingerprint density at radius 3 is 2.27 bits per heavy atom. The van der Waals surface area contributed by atoms with Gasteiger partial charge in [-0.1, -0.05) is 24.3 Å². The van der Waals surface area contributed by atoms with Crippen molar-refractivity contribution in [3.05, 3.63) is 59.7 Å². The highest BCUT2D eigenvalue weighted by Gasteiger charge is 2.13. The molecule has 0 aromatic heterocycles. The maximum Gasteiger partial charge on any atom is 0.339 e. The van der Waals surface area contributed by atoms with Gasteiger partial charge in [0, 0.05) is 0 Å². The van der Waals surface area contributed by atoms with Crippen LogP contribution in [0, 0.1) is 0 Å². The minimum absolute atomic E-state index is 0.168. The fourth-order valence-corrected chi connectivity index (χ4v) is 2.16. The van der Waals surface area contributed by atoms with Crippen LogP contribution in [0.4, 0.5) is 5.69 Å². The zero-order valence-corrected chi connectivity index (χ0v) is 14.5. The number of nitrogens with one attached hydrogen (secondary N) is 1. The van der Waals surface area contributed by atoms with E-state index < -0.39 is 11.9 Å². The van der Waals surface area contributed by atoms with Gasteiger partial charge >= 0.3 is 11.9 Å². The molecule has 2 aromatic carbocycles. The number of amides is 1. The summed E-state index contributed by atoms with van der Waals surface area (Å²) in [7, 11) is 2.60. The number of benzene rings is 2. The summed E-state index contributed by atoms with van der Waals surface area (Å²) in [6.45, 7) is -0.230. The molecule has 0 aliphatic rings. The highest BCUT2D eigenvalue weighted by atomic mass is 16.5. The van der Waals surface area contributed by atoms with Crippen molar-refractivity contribution in [1.29, 1.82) is 0 Å². The lowest BCUT2D eigenvalue weighted by Gasteiger charge is -2.10. The van der Waals surface area contributed by atoms with E-state index in [0.717, 1.165) is 5.56 Å². The molecule has 0 spiro atoms. The molecule has 136 valence electrons. The standard InChI is InChI=1S/C19H19NO6/c1-24-18(22)11-13-7-9-14(10-8-13)26-12-17(21)20-16-6-4-3-5-15(16)19(23)25-2/h3-10H,11-12H2,1-2H3,(H,20,21). The van der Waals surface area contributed by atoms with Crippen LogP contribution in [-0.2, 0) is 25.5 Å². The lowest BCUT2D eigenvalue weighted by Crippen LogP contribution is -2.21. The van der Waals surface area contributed by atoms with Crippen molar-refractivity contribution >= 4 is 23.5 Å². The Labute approximate surface area is 150 Å². The molecule has 0 bridgehead atoms. The lowest BCUT2D eigenvalue weighted by atomic mass is 10.1. The molecular formula is C19H19NO6. The van der Waals surface area contributed by atoms with E-state index in [2.05, 4.69) is 14.8 Å². The van der Waals surface area contributed by atoms with Gasteiger partial charge in [0.25, 0.3) is 5.91 Å². The molecule has 0 heterocycles. The first kappa shape index (κ1) is 19.0. The number of ether oxygens (including phenoxy) is 3. The van der Waals surface area contributed by atoms with Crippen LogP contribution in [0.1, 0.15) is 15.9 Å². The Hall–Kier alpha value is -3.35. The lowest BCUT2D eigenvalue weighted by molar-refractivity contribution is -0.139. The number of rotatable bonds is 7. The topological polar surface area (TPSA) is 90.9 Å². The van der Waals surface area contributed by atoms with Gasteiger partial charge in [0.05, 0.1) is 31.9 Å². The predicted molar refractivity (Wildman–Crippen MR) is 94.1 cm³/mol. The summed E-state index contributed by atoms with van der Waals surface area (Å²) in [5.74, 6) is -0.805. The molecule has 1 N–H and O–H groups in total. The summed E-state index contributed by atoms with van der Waals surface area (Å²) in [4.78, 5) is 35.0. The largest absolute Gasteiger partial charge is 0.484 e. The van der Waals surface area contributed by atoms with Crippen LogP contribution < -0.4 is 10.1 Å². The fraction of sp³-hybridized carbons (Fsp3) is 0.211. The molecule has 0 aliphatic carbocycles. The number of carbonyl (C=O) groups is 3. The van der Waals surface area contributed by atoms with Crippen LogP contribution in [0.2, 0.25) is 0 Å². The summed E-state index contributed by atoms with van der Waals surface area (Å²) in [6.07, 6.45) is 0.168. The minimum Gasteiger partial charge on any atom is -0.484 e. The number of hydrogen-bond acceptors (Lipinski definition) is 6. The maximum atomic E-state index is 12.1. The van der Waals surface area contributed by atoms with E-state index in [4.69, 9.17) is 4.74 Å². The third-order valence-corrected chi connectivity index (χ3v) is 3.48. The first-order valence-electron chi connectivity index (χ1n) is 7.79. The molecule has 1 amide bonds. The number of methoxy groups -OCH3 is 2. The molecule has 7 nitrogen and oxygen atoms in total. The van der Waals surface area contributed by atoms with Crippen molar-refractivity contribution < 1.29 is 28.6 Å². The summed E-state index contributed by atoms with van der Waals surface area (Å²) in [5.41, 5.74) is 1.39. The van der Waals surface area contributed by atoms with E-state index in [0.29, 0.717) is 11.4 Å². The highest BCUT2D eigenvalue weighted by molar-refractivity contribution is 6.01. The molecule has 0 radical (unpaired) electrons. The third kappa shape index (κ3) is 5.34. The Morgan fingerprint density at radius 1 is 0.923 bits per heavy atom. The van der Waals surface area contributed by atoms with Gasteiger partial charge < -0.3 is 19.5 Å². The van der Waals surface area contributed by atoms with Gasteiger partial charge in [0.1, 0.15) is 5.75 Å². The third-order valence-electron chi connectivity index (χ3n) is 3.48. The van der Waals surface area contributed by atoms with E-state index in [9.17, 15) is 14.4 Å². The Bertz CT molecular complexity index is 785. The second-order valence-electron chi connectivity index (χ2n) is 5.27. The summed E-state index contributed by atoms with van der Waals surface area (Å²) in [6, 6.07) is 13.3. The molecule has 0 aliphatic heterocycles. The van der Waals surface area contributed by atoms with Gasteiger partial charge in [-0.3, -0.25) is 9.59 Å². The molecule has 7 heteroatoms. The zero-order valence-electron chi connectivity index (χ0n) is 14.5. The summed E-state index contributed by atoms with van der Waals surface area (Å²) < 4.78 is 14.7. The quantitative estimate of drug-likeness (QED) is 0.764. The van der Waals surface area contributed by atoms with Crippen LogP contribution in [0.15, 0.2) is 48.5 Å². The van der Waals surface area contributed by atoms with Gasteiger partial charge in [0.2, 0.25) is 0 Å². The van der Waals surface area contributed by atoms with Crippen LogP contribution in [0.5, 0.6) is 5.75 Å². The average Bonchev–Trinajstić information content (AvgIpc) is 2.67. The Balaban J connectivity index is 1.91. The second kappa shape index (κ2) is 9.22. The summed E-state index contributed by atoms with van der Waals surface area (Å²) in [5, 5.41) is 2.62. The van der Waals surface area contributed by atoms with E-state index in [1.54, 1.807) is 48.5 Å². The van der Waals surface area contributed by atoms with Crippen molar-refractivity contribution in [3.8, 4) is 5.75 Å². The highest BCUT2D eigenvalue weighted by Crippen LogP contribution is 2.17. The van der Waals surface area contributed by atoms with Gasteiger partial charge in [-0.25, -0.2) is 4.79 Å². The van der Waals surface area contributed by atoms with Crippen molar-refractivity contribution in [2.75, 3.05) is 26.1 Å². The van der Waals surface area contributed by atoms with Gasteiger partial charge in [-0.05, 0) is 29.8 Å². The minimum atomic E-state index is -0.539. The van der Waals surface area contributed by atoms with Crippen LogP contribution in [0.3, 0.4) is 0 Å². The monoisotopic (exact) mass is 357 g/mol. The van der Waals surface area contributed by atoms with Crippen LogP contribution in [0.25, 0.3) is 0 Å². The van der Waals surface area contributed by atoms with E-state index in [1.165, 1.54) is 14.2 Å². The van der Waals surface area contributed by atoms with E-state index >= 15 is 0 Å². The number of hydrogen-bond donors (Lipinski definition) is 1. The van der Waals surface area contributed by atoms with Gasteiger partial charge in [-0.15, -0.1) is 0 Å². The van der Waals surface area contributed by atoms with E-state index in [-0.39, 0.29) is 24.6 Å². The molecule has 2 aromatic rings. The molecule has 2 rings (SSSR count).